The Balaban J connectivity index is 1.89. The van der Waals surface area contributed by atoms with E-state index in [0.717, 1.165) is 18.6 Å². The van der Waals surface area contributed by atoms with Crippen LogP contribution in [-0.4, -0.2) is 18.4 Å². The van der Waals surface area contributed by atoms with Gasteiger partial charge in [0.15, 0.2) is 0 Å². The van der Waals surface area contributed by atoms with Crippen molar-refractivity contribution in [3.05, 3.63) is 29.3 Å². The van der Waals surface area contributed by atoms with E-state index in [0.29, 0.717) is 5.92 Å². The summed E-state index contributed by atoms with van der Waals surface area (Å²) in [6.07, 6.45) is -3.89. The first-order chi connectivity index (χ1) is 11.2. The minimum absolute atomic E-state index is 0.000862. The molecule has 0 bridgehead atoms. The van der Waals surface area contributed by atoms with E-state index in [1.54, 1.807) is 0 Å². The zero-order valence-corrected chi connectivity index (χ0v) is 12.9. The van der Waals surface area contributed by atoms with Crippen LogP contribution in [0, 0.1) is 23.2 Å². The van der Waals surface area contributed by atoms with E-state index in [4.69, 9.17) is 5.26 Å². The van der Waals surface area contributed by atoms with Gasteiger partial charge in [-0.05, 0) is 30.5 Å². The van der Waals surface area contributed by atoms with Gasteiger partial charge in [-0.15, -0.1) is 0 Å². The van der Waals surface area contributed by atoms with Gasteiger partial charge >= 0.3 is 6.18 Å². The summed E-state index contributed by atoms with van der Waals surface area (Å²) in [5.41, 5.74) is -1.65. The summed E-state index contributed by atoms with van der Waals surface area (Å²) < 4.78 is 38.5. The molecule has 1 saturated carbocycles. The van der Waals surface area contributed by atoms with Crippen LogP contribution in [0.25, 0.3) is 0 Å². The highest BCUT2D eigenvalue weighted by molar-refractivity contribution is 5.91. The maximum Gasteiger partial charge on any atom is 0.417 e. The van der Waals surface area contributed by atoms with Crippen LogP contribution in [0.2, 0.25) is 0 Å². The van der Waals surface area contributed by atoms with Gasteiger partial charge < -0.3 is 10.6 Å². The number of rotatable bonds is 5. The van der Waals surface area contributed by atoms with Crippen LogP contribution < -0.4 is 10.6 Å². The molecule has 0 saturated heterocycles. The second-order valence-corrected chi connectivity index (χ2v) is 5.78. The molecular weight excluding hydrogens is 323 g/mol. The van der Waals surface area contributed by atoms with Crippen LogP contribution in [0.15, 0.2) is 18.2 Å². The van der Waals surface area contributed by atoms with Gasteiger partial charge in [-0.25, -0.2) is 0 Å². The normalized spacial score (nSPS) is 19.3. The second kappa shape index (κ2) is 6.91. The topological polar surface area (TPSA) is 82.0 Å². The summed E-state index contributed by atoms with van der Waals surface area (Å²) in [5, 5.41) is 13.7. The highest BCUT2D eigenvalue weighted by atomic mass is 19.4. The Labute approximate surface area is 136 Å². The van der Waals surface area contributed by atoms with Crippen LogP contribution in [-0.2, 0) is 15.8 Å². The molecule has 2 rings (SSSR count). The maximum absolute atomic E-state index is 12.8. The number of nitriles is 1. The van der Waals surface area contributed by atoms with Gasteiger partial charge in [0.1, 0.15) is 0 Å². The van der Waals surface area contributed by atoms with E-state index in [1.807, 2.05) is 6.92 Å². The minimum atomic E-state index is -4.68. The predicted molar refractivity (Wildman–Crippen MR) is 79.7 cm³/mol. The average molecular weight is 339 g/mol. The molecule has 1 aliphatic carbocycles. The van der Waals surface area contributed by atoms with Crippen molar-refractivity contribution in [3.8, 4) is 6.07 Å². The highest BCUT2D eigenvalue weighted by Gasteiger charge is 2.38. The zero-order valence-electron chi connectivity index (χ0n) is 12.9. The van der Waals surface area contributed by atoms with Crippen molar-refractivity contribution in [2.45, 2.75) is 25.9 Å². The van der Waals surface area contributed by atoms with E-state index in [2.05, 4.69) is 10.6 Å². The largest absolute Gasteiger partial charge is 0.417 e. The summed E-state index contributed by atoms with van der Waals surface area (Å²) in [7, 11) is 0. The predicted octanol–water partition coefficient (Wildman–Crippen LogP) is 2.68. The number of alkyl halides is 3. The summed E-state index contributed by atoms with van der Waals surface area (Å²) in [6, 6.07) is 4.43. The Hall–Kier alpha value is -2.56. The molecule has 1 aromatic rings. The number of amides is 2. The molecule has 2 N–H and O–H groups in total. The number of anilines is 1. The molecule has 1 aromatic carbocycles. The summed E-state index contributed by atoms with van der Waals surface area (Å²) in [4.78, 5) is 23.3. The molecule has 2 amide bonds. The van der Waals surface area contributed by atoms with E-state index < -0.39 is 23.2 Å². The number of nitrogens with one attached hydrogen (secondary N) is 2. The first-order valence-electron chi connectivity index (χ1n) is 7.41. The van der Waals surface area contributed by atoms with Crippen LogP contribution in [0.3, 0.4) is 0 Å². The number of halogens is 3. The Morgan fingerprint density at radius 2 is 2.04 bits per heavy atom. The van der Waals surface area contributed by atoms with Crippen molar-refractivity contribution in [2.75, 3.05) is 11.9 Å². The first kappa shape index (κ1) is 17.8. The number of carbonyl (C=O) groups is 2. The number of hydrogen-bond donors (Lipinski definition) is 2. The van der Waals surface area contributed by atoms with Crippen molar-refractivity contribution in [3.63, 3.8) is 0 Å². The molecule has 0 radical (unpaired) electrons. The van der Waals surface area contributed by atoms with E-state index in [1.165, 1.54) is 12.1 Å². The van der Waals surface area contributed by atoms with Gasteiger partial charge in [-0.3, -0.25) is 9.59 Å². The molecule has 0 aromatic heterocycles. The number of benzene rings is 1. The van der Waals surface area contributed by atoms with Crippen LogP contribution >= 0.6 is 0 Å². The van der Waals surface area contributed by atoms with Gasteiger partial charge in [-0.2, -0.15) is 18.4 Å². The Bertz CT molecular complexity index is 695. The molecule has 2 atom stereocenters. The smallest absolute Gasteiger partial charge is 0.355 e. The SMILES string of the molecule is C[C@@H]1C[C@@H]1C(=O)NCCC(=O)Nc1ccc(C#N)c(C(F)(F)F)c1. The van der Waals surface area contributed by atoms with Gasteiger partial charge in [0, 0.05) is 24.6 Å². The first-order valence-corrected chi connectivity index (χ1v) is 7.41. The molecule has 1 fully saturated rings. The lowest BCUT2D eigenvalue weighted by atomic mass is 10.1. The van der Waals surface area contributed by atoms with Crippen LogP contribution in [0.5, 0.6) is 0 Å². The second-order valence-electron chi connectivity index (χ2n) is 5.78. The molecular formula is C16H16F3N3O2. The fourth-order valence-electron chi connectivity index (χ4n) is 2.30. The van der Waals surface area contributed by atoms with E-state index >= 15 is 0 Å². The molecule has 1 aliphatic rings. The summed E-state index contributed by atoms with van der Waals surface area (Å²) >= 11 is 0. The zero-order chi connectivity index (χ0) is 17.9. The molecule has 0 aliphatic heterocycles. The minimum Gasteiger partial charge on any atom is -0.355 e. The lowest BCUT2D eigenvalue weighted by Gasteiger charge is -2.12. The monoisotopic (exact) mass is 339 g/mol. The molecule has 8 heteroatoms. The van der Waals surface area contributed by atoms with Crippen molar-refractivity contribution in [1.82, 2.24) is 5.32 Å². The summed E-state index contributed by atoms with van der Waals surface area (Å²) in [5.74, 6) is -0.260. The van der Waals surface area contributed by atoms with Crippen molar-refractivity contribution < 1.29 is 22.8 Å². The van der Waals surface area contributed by atoms with E-state index in [-0.39, 0.29) is 30.5 Å². The molecule has 0 unspecified atom stereocenters. The van der Waals surface area contributed by atoms with Crippen LogP contribution in [0.1, 0.15) is 30.9 Å². The van der Waals surface area contributed by atoms with E-state index in [9.17, 15) is 22.8 Å². The maximum atomic E-state index is 12.8. The van der Waals surface area contributed by atoms with Gasteiger partial charge in [0.05, 0.1) is 17.2 Å². The lowest BCUT2D eigenvalue weighted by Crippen LogP contribution is -2.29. The van der Waals surface area contributed by atoms with Crippen molar-refractivity contribution in [2.24, 2.45) is 11.8 Å². The molecule has 0 spiro atoms. The Morgan fingerprint density at radius 3 is 2.58 bits per heavy atom. The van der Waals surface area contributed by atoms with Gasteiger partial charge in [0.25, 0.3) is 0 Å². The van der Waals surface area contributed by atoms with Gasteiger partial charge in [-0.1, -0.05) is 6.92 Å². The third-order valence-electron chi connectivity index (χ3n) is 3.83. The quantitative estimate of drug-likeness (QED) is 0.865. The van der Waals surface area contributed by atoms with Gasteiger partial charge in [0.2, 0.25) is 11.8 Å². The van der Waals surface area contributed by atoms with Crippen molar-refractivity contribution in [1.29, 1.82) is 5.26 Å². The standard InChI is InChI=1S/C16H16F3N3O2/c1-9-6-12(9)15(24)21-5-4-14(23)22-11-3-2-10(8-20)13(7-11)16(17,18)19/h2-3,7,9,12H,4-6H2,1H3,(H,21,24)(H,22,23)/t9-,12+/m1/s1. The average Bonchev–Trinajstić information content (AvgIpc) is 3.23. The van der Waals surface area contributed by atoms with Crippen LogP contribution in [0.4, 0.5) is 18.9 Å². The molecule has 24 heavy (non-hydrogen) atoms. The molecule has 0 heterocycles. The number of hydrogen-bond acceptors (Lipinski definition) is 3. The third-order valence-corrected chi connectivity index (χ3v) is 3.83. The third kappa shape index (κ3) is 4.47. The molecule has 128 valence electrons. The Morgan fingerprint density at radius 1 is 1.38 bits per heavy atom. The highest BCUT2D eigenvalue weighted by Crippen LogP contribution is 2.37. The fourth-order valence-corrected chi connectivity index (χ4v) is 2.30. The fraction of sp³-hybridized carbons (Fsp3) is 0.438. The number of carbonyl (C=O) groups excluding carboxylic acids is 2. The summed E-state index contributed by atoms with van der Waals surface area (Å²) in [6.45, 7) is 2.08. The molecule has 5 nitrogen and oxygen atoms in total. The Kier molecular flexibility index (Phi) is 5.12. The number of nitrogens with zero attached hydrogens (tertiary/aromatic N) is 1. The lowest BCUT2D eigenvalue weighted by molar-refractivity contribution is -0.137. The van der Waals surface area contributed by atoms with Crippen molar-refractivity contribution >= 4 is 17.5 Å².